The molecule has 0 saturated carbocycles. The van der Waals surface area contributed by atoms with Crippen LogP contribution < -0.4 is 20.1 Å². The van der Waals surface area contributed by atoms with Crippen LogP contribution in [-0.2, 0) is 0 Å². The van der Waals surface area contributed by atoms with Gasteiger partial charge in [-0.25, -0.2) is 4.79 Å². The average Bonchev–Trinajstić information content (AvgIpc) is 2.65. The van der Waals surface area contributed by atoms with Crippen LogP contribution in [-0.4, -0.2) is 19.2 Å². The van der Waals surface area contributed by atoms with E-state index in [9.17, 15) is 4.79 Å². The van der Waals surface area contributed by atoms with E-state index in [2.05, 4.69) is 24.5 Å². The number of hydrogen-bond donors (Lipinski definition) is 2. The van der Waals surface area contributed by atoms with Crippen LogP contribution in [0.15, 0.2) is 48.5 Å². The van der Waals surface area contributed by atoms with Crippen LogP contribution in [0.4, 0.5) is 16.2 Å². The molecular formula is C21H28N2O3. The summed E-state index contributed by atoms with van der Waals surface area (Å²) in [6.45, 7) is 5.67. The first-order chi connectivity index (χ1) is 12.7. The molecular weight excluding hydrogens is 328 g/mol. The quantitative estimate of drug-likeness (QED) is 0.538. The zero-order valence-electron chi connectivity index (χ0n) is 15.6. The Balaban J connectivity index is 1.78. The predicted octanol–water partition coefficient (Wildman–Crippen LogP) is 5.69. The second kappa shape index (κ2) is 11.0. The van der Waals surface area contributed by atoms with Gasteiger partial charge in [0, 0.05) is 11.4 Å². The van der Waals surface area contributed by atoms with Crippen LogP contribution in [0.2, 0.25) is 0 Å². The number of carbonyl (C=O) groups is 1. The molecule has 5 nitrogen and oxygen atoms in total. The Morgan fingerprint density at radius 3 is 1.46 bits per heavy atom. The van der Waals surface area contributed by atoms with Crippen LogP contribution in [0.1, 0.15) is 39.5 Å². The van der Waals surface area contributed by atoms with Gasteiger partial charge in [-0.05, 0) is 61.4 Å². The molecule has 0 fully saturated rings. The molecule has 0 aliphatic carbocycles. The summed E-state index contributed by atoms with van der Waals surface area (Å²) in [4.78, 5) is 12.1. The van der Waals surface area contributed by atoms with Gasteiger partial charge in [-0.1, -0.05) is 26.7 Å². The molecule has 2 aromatic carbocycles. The summed E-state index contributed by atoms with van der Waals surface area (Å²) >= 11 is 0. The molecule has 140 valence electrons. The molecule has 0 bridgehead atoms. The molecule has 26 heavy (non-hydrogen) atoms. The summed E-state index contributed by atoms with van der Waals surface area (Å²) in [5.41, 5.74) is 1.43. The molecule has 2 N–H and O–H groups in total. The van der Waals surface area contributed by atoms with E-state index in [1.54, 1.807) is 0 Å². The molecule has 0 aromatic heterocycles. The highest BCUT2D eigenvalue weighted by Crippen LogP contribution is 2.18. The molecule has 0 spiro atoms. The number of nitrogens with one attached hydrogen (secondary N) is 2. The fraction of sp³-hybridized carbons (Fsp3) is 0.381. The average molecular weight is 356 g/mol. The van der Waals surface area contributed by atoms with E-state index in [0.717, 1.165) is 37.2 Å². The molecule has 0 atom stereocenters. The summed E-state index contributed by atoms with van der Waals surface area (Å²) in [6.07, 6.45) is 4.27. The summed E-state index contributed by atoms with van der Waals surface area (Å²) in [7, 11) is 0. The smallest absolute Gasteiger partial charge is 0.323 e. The second-order valence-corrected chi connectivity index (χ2v) is 6.03. The highest BCUT2D eigenvalue weighted by atomic mass is 16.5. The van der Waals surface area contributed by atoms with Crippen LogP contribution in [0.3, 0.4) is 0 Å². The number of rotatable bonds is 10. The van der Waals surface area contributed by atoms with Crippen LogP contribution in [0, 0.1) is 0 Å². The minimum Gasteiger partial charge on any atom is -0.494 e. The normalized spacial score (nSPS) is 10.2. The van der Waals surface area contributed by atoms with Gasteiger partial charge in [0.05, 0.1) is 13.2 Å². The topological polar surface area (TPSA) is 59.6 Å². The van der Waals surface area contributed by atoms with Crippen molar-refractivity contribution in [3.8, 4) is 11.5 Å². The van der Waals surface area contributed by atoms with E-state index < -0.39 is 0 Å². The number of unbranched alkanes of at least 4 members (excludes halogenated alkanes) is 2. The van der Waals surface area contributed by atoms with Gasteiger partial charge in [0.1, 0.15) is 11.5 Å². The van der Waals surface area contributed by atoms with Crippen LogP contribution in [0.25, 0.3) is 0 Å². The SMILES string of the molecule is CCCCOc1ccc(NC(=O)Nc2ccc(OCCCC)cc2)cc1. The van der Waals surface area contributed by atoms with Crippen LogP contribution >= 0.6 is 0 Å². The molecule has 2 amide bonds. The van der Waals surface area contributed by atoms with E-state index >= 15 is 0 Å². The van der Waals surface area contributed by atoms with Gasteiger partial charge >= 0.3 is 6.03 Å². The number of benzene rings is 2. The Morgan fingerprint density at radius 2 is 1.12 bits per heavy atom. The zero-order valence-corrected chi connectivity index (χ0v) is 15.6. The first kappa shape index (κ1) is 19.6. The van der Waals surface area contributed by atoms with Gasteiger partial charge in [-0.3, -0.25) is 0 Å². The maximum Gasteiger partial charge on any atom is 0.323 e. The van der Waals surface area contributed by atoms with Gasteiger partial charge in [-0.15, -0.1) is 0 Å². The fourth-order valence-corrected chi connectivity index (χ4v) is 2.23. The summed E-state index contributed by atoms with van der Waals surface area (Å²) in [5.74, 6) is 1.62. The standard InChI is InChI=1S/C21H28N2O3/c1-3-5-15-25-19-11-7-17(8-12-19)22-21(24)23-18-9-13-20(14-10-18)26-16-6-4-2/h7-14H,3-6,15-16H2,1-2H3,(H2,22,23,24). The van der Waals surface area contributed by atoms with Gasteiger partial charge in [0.15, 0.2) is 0 Å². The first-order valence-electron chi connectivity index (χ1n) is 9.25. The van der Waals surface area contributed by atoms with E-state index in [-0.39, 0.29) is 6.03 Å². The lowest BCUT2D eigenvalue weighted by atomic mass is 10.3. The second-order valence-electron chi connectivity index (χ2n) is 6.03. The summed E-state index contributed by atoms with van der Waals surface area (Å²) < 4.78 is 11.2. The molecule has 5 heteroatoms. The number of urea groups is 1. The largest absolute Gasteiger partial charge is 0.494 e. The van der Waals surface area contributed by atoms with Crippen molar-refractivity contribution in [3.63, 3.8) is 0 Å². The predicted molar refractivity (Wildman–Crippen MR) is 106 cm³/mol. The third-order valence-corrected chi connectivity index (χ3v) is 3.76. The Bertz CT molecular complexity index is 596. The first-order valence-corrected chi connectivity index (χ1v) is 9.25. The van der Waals surface area contributed by atoms with E-state index in [1.165, 1.54) is 0 Å². The lowest BCUT2D eigenvalue weighted by Crippen LogP contribution is -2.19. The lowest BCUT2D eigenvalue weighted by Gasteiger charge is -2.10. The Kier molecular flexibility index (Phi) is 8.33. The summed E-state index contributed by atoms with van der Waals surface area (Å²) in [5, 5.41) is 5.61. The van der Waals surface area contributed by atoms with Crippen molar-refractivity contribution >= 4 is 17.4 Å². The van der Waals surface area contributed by atoms with E-state index in [0.29, 0.717) is 24.6 Å². The maximum absolute atomic E-state index is 12.1. The van der Waals surface area contributed by atoms with Crippen LogP contribution in [0.5, 0.6) is 11.5 Å². The van der Waals surface area contributed by atoms with Crippen molar-refractivity contribution in [1.29, 1.82) is 0 Å². The fourth-order valence-electron chi connectivity index (χ4n) is 2.23. The lowest BCUT2D eigenvalue weighted by molar-refractivity contribution is 0.262. The molecule has 2 aromatic rings. The molecule has 0 aliphatic heterocycles. The van der Waals surface area contributed by atoms with Gasteiger partial charge in [-0.2, -0.15) is 0 Å². The van der Waals surface area contributed by atoms with Crippen molar-refractivity contribution in [2.45, 2.75) is 39.5 Å². The van der Waals surface area contributed by atoms with Crippen molar-refractivity contribution in [2.75, 3.05) is 23.8 Å². The van der Waals surface area contributed by atoms with Crippen molar-refractivity contribution in [1.82, 2.24) is 0 Å². The van der Waals surface area contributed by atoms with Crippen molar-refractivity contribution < 1.29 is 14.3 Å². The van der Waals surface area contributed by atoms with Gasteiger partial charge in [0.2, 0.25) is 0 Å². The summed E-state index contributed by atoms with van der Waals surface area (Å²) in [6, 6.07) is 14.4. The number of carbonyl (C=O) groups excluding carboxylic acids is 1. The van der Waals surface area contributed by atoms with Crippen molar-refractivity contribution in [3.05, 3.63) is 48.5 Å². The zero-order chi connectivity index (χ0) is 18.6. The Hall–Kier alpha value is -2.69. The third-order valence-electron chi connectivity index (χ3n) is 3.76. The van der Waals surface area contributed by atoms with Gasteiger partial charge in [0.25, 0.3) is 0 Å². The van der Waals surface area contributed by atoms with E-state index in [1.807, 2.05) is 48.5 Å². The molecule has 0 saturated heterocycles. The van der Waals surface area contributed by atoms with Gasteiger partial charge < -0.3 is 20.1 Å². The maximum atomic E-state index is 12.1. The van der Waals surface area contributed by atoms with E-state index in [4.69, 9.17) is 9.47 Å². The van der Waals surface area contributed by atoms with Crippen molar-refractivity contribution in [2.24, 2.45) is 0 Å². The third kappa shape index (κ3) is 7.05. The number of ether oxygens (including phenoxy) is 2. The minimum absolute atomic E-state index is 0.288. The molecule has 0 unspecified atom stereocenters. The number of amides is 2. The number of hydrogen-bond acceptors (Lipinski definition) is 3. The number of anilines is 2. The highest BCUT2D eigenvalue weighted by molar-refractivity contribution is 5.99. The molecule has 0 heterocycles. The highest BCUT2D eigenvalue weighted by Gasteiger charge is 2.04. The molecule has 0 radical (unpaired) electrons. The minimum atomic E-state index is -0.288. The molecule has 2 rings (SSSR count). The Morgan fingerprint density at radius 1 is 0.731 bits per heavy atom. The monoisotopic (exact) mass is 356 g/mol. The molecule has 0 aliphatic rings. The Labute approximate surface area is 155 Å².